The van der Waals surface area contributed by atoms with Crippen molar-refractivity contribution in [1.29, 1.82) is 0 Å². The fraction of sp³-hybridized carbons (Fsp3) is 0.318. The van der Waals surface area contributed by atoms with Crippen LogP contribution in [0.2, 0.25) is 0 Å². The standard InChI is InChI=1S/C22H25N3O3/c1-5-25-19-8-7-17(13-18(19)24-16(4)22(25)27)21(26)23-10-11-28-20-9-6-14(2)12-15(20)3/h6-9,12-13H,5,10-11H2,1-4H3,(H,23,26). The van der Waals surface area contributed by atoms with Crippen molar-refractivity contribution < 1.29 is 9.53 Å². The number of ether oxygens (including phenoxy) is 1. The second-order valence-corrected chi connectivity index (χ2v) is 6.82. The highest BCUT2D eigenvalue weighted by atomic mass is 16.5. The maximum Gasteiger partial charge on any atom is 0.272 e. The van der Waals surface area contributed by atoms with Crippen LogP contribution in [0.3, 0.4) is 0 Å². The Balaban J connectivity index is 1.66. The molecule has 28 heavy (non-hydrogen) atoms. The van der Waals surface area contributed by atoms with Gasteiger partial charge in [0.1, 0.15) is 18.1 Å². The van der Waals surface area contributed by atoms with Crippen molar-refractivity contribution in [2.24, 2.45) is 0 Å². The lowest BCUT2D eigenvalue weighted by molar-refractivity contribution is 0.0947. The Bertz CT molecular complexity index is 1090. The minimum absolute atomic E-state index is 0.101. The Hall–Kier alpha value is -3.15. The summed E-state index contributed by atoms with van der Waals surface area (Å²) in [6, 6.07) is 11.2. The van der Waals surface area contributed by atoms with Crippen molar-refractivity contribution in [1.82, 2.24) is 14.9 Å². The van der Waals surface area contributed by atoms with Crippen molar-refractivity contribution in [3.8, 4) is 5.75 Å². The van der Waals surface area contributed by atoms with Gasteiger partial charge in [0.15, 0.2) is 0 Å². The fourth-order valence-corrected chi connectivity index (χ4v) is 3.22. The quantitative estimate of drug-likeness (QED) is 0.668. The lowest BCUT2D eigenvalue weighted by Gasteiger charge is -2.12. The highest BCUT2D eigenvalue weighted by molar-refractivity contribution is 5.97. The van der Waals surface area contributed by atoms with Gasteiger partial charge in [-0.25, -0.2) is 4.98 Å². The van der Waals surface area contributed by atoms with Gasteiger partial charge in [-0.3, -0.25) is 9.59 Å². The summed E-state index contributed by atoms with van der Waals surface area (Å²) >= 11 is 0. The molecule has 6 heteroatoms. The van der Waals surface area contributed by atoms with E-state index < -0.39 is 0 Å². The number of hydrogen-bond donors (Lipinski definition) is 1. The number of hydrogen-bond acceptors (Lipinski definition) is 4. The largest absolute Gasteiger partial charge is 0.491 e. The first-order valence-corrected chi connectivity index (χ1v) is 9.40. The van der Waals surface area contributed by atoms with Crippen LogP contribution in [0.15, 0.2) is 41.2 Å². The number of rotatable bonds is 6. The van der Waals surface area contributed by atoms with Gasteiger partial charge >= 0.3 is 0 Å². The van der Waals surface area contributed by atoms with Gasteiger partial charge in [-0.2, -0.15) is 0 Å². The number of benzene rings is 2. The van der Waals surface area contributed by atoms with E-state index in [2.05, 4.69) is 16.4 Å². The molecule has 0 aliphatic carbocycles. The minimum Gasteiger partial charge on any atom is -0.491 e. The molecular formula is C22H25N3O3. The molecule has 2 aromatic carbocycles. The van der Waals surface area contributed by atoms with Gasteiger partial charge in [0.05, 0.1) is 17.6 Å². The van der Waals surface area contributed by atoms with Gasteiger partial charge in [0.2, 0.25) is 0 Å². The van der Waals surface area contributed by atoms with Gasteiger partial charge in [-0.1, -0.05) is 17.7 Å². The summed E-state index contributed by atoms with van der Waals surface area (Å²) in [6.45, 7) is 8.97. The van der Waals surface area contributed by atoms with Crippen LogP contribution in [0.4, 0.5) is 0 Å². The number of aryl methyl sites for hydroxylation is 4. The third-order valence-electron chi connectivity index (χ3n) is 4.66. The van der Waals surface area contributed by atoms with Crippen molar-refractivity contribution in [3.05, 3.63) is 69.1 Å². The van der Waals surface area contributed by atoms with E-state index in [4.69, 9.17) is 4.74 Å². The molecule has 1 heterocycles. The molecule has 0 radical (unpaired) electrons. The predicted octanol–water partition coefficient (Wildman–Crippen LogP) is 3.15. The van der Waals surface area contributed by atoms with Crippen LogP contribution in [0.5, 0.6) is 5.75 Å². The zero-order valence-corrected chi connectivity index (χ0v) is 16.7. The number of nitrogens with one attached hydrogen (secondary N) is 1. The number of fused-ring (bicyclic) bond motifs is 1. The molecule has 6 nitrogen and oxygen atoms in total. The van der Waals surface area contributed by atoms with E-state index in [9.17, 15) is 9.59 Å². The van der Waals surface area contributed by atoms with E-state index in [1.54, 1.807) is 29.7 Å². The molecule has 0 aliphatic rings. The van der Waals surface area contributed by atoms with Gasteiger partial charge in [0.25, 0.3) is 11.5 Å². The molecule has 0 fully saturated rings. The summed E-state index contributed by atoms with van der Waals surface area (Å²) in [5, 5.41) is 2.86. The Labute approximate surface area is 164 Å². The molecule has 0 unspecified atom stereocenters. The van der Waals surface area contributed by atoms with Gasteiger partial charge in [0, 0.05) is 12.1 Å². The monoisotopic (exact) mass is 379 g/mol. The summed E-state index contributed by atoms with van der Waals surface area (Å²) in [5.74, 6) is 0.627. The molecule has 0 saturated heterocycles. The summed E-state index contributed by atoms with van der Waals surface area (Å²) in [5.41, 5.74) is 4.46. The first-order chi connectivity index (χ1) is 13.4. The molecule has 1 N–H and O–H groups in total. The SMILES string of the molecule is CCn1c(=O)c(C)nc2cc(C(=O)NCCOc3ccc(C)cc3C)ccc21. The Morgan fingerprint density at radius 2 is 1.93 bits per heavy atom. The van der Waals surface area contributed by atoms with Gasteiger partial charge in [-0.15, -0.1) is 0 Å². The van der Waals surface area contributed by atoms with Crippen molar-refractivity contribution in [3.63, 3.8) is 0 Å². The smallest absolute Gasteiger partial charge is 0.272 e. The van der Waals surface area contributed by atoms with Crippen molar-refractivity contribution in [2.45, 2.75) is 34.2 Å². The fourth-order valence-electron chi connectivity index (χ4n) is 3.22. The summed E-state index contributed by atoms with van der Waals surface area (Å²) in [4.78, 5) is 29.0. The van der Waals surface area contributed by atoms with Crippen LogP contribution in [0, 0.1) is 20.8 Å². The second-order valence-electron chi connectivity index (χ2n) is 6.82. The molecule has 3 rings (SSSR count). The lowest BCUT2D eigenvalue weighted by Crippen LogP contribution is -2.28. The predicted molar refractivity (Wildman–Crippen MR) is 110 cm³/mol. The zero-order valence-electron chi connectivity index (χ0n) is 16.7. The number of aromatic nitrogens is 2. The molecule has 0 spiro atoms. The van der Waals surface area contributed by atoms with Gasteiger partial charge in [-0.05, 0) is 57.5 Å². The first-order valence-electron chi connectivity index (χ1n) is 9.40. The van der Waals surface area contributed by atoms with Crippen LogP contribution in [-0.4, -0.2) is 28.6 Å². The number of carbonyl (C=O) groups excluding carboxylic acids is 1. The molecule has 0 saturated carbocycles. The molecule has 0 bridgehead atoms. The highest BCUT2D eigenvalue weighted by Crippen LogP contribution is 2.18. The molecule has 146 valence electrons. The van der Waals surface area contributed by atoms with Gasteiger partial charge < -0.3 is 14.6 Å². The van der Waals surface area contributed by atoms with E-state index in [-0.39, 0.29) is 11.5 Å². The maximum atomic E-state index is 12.5. The topological polar surface area (TPSA) is 73.2 Å². The average molecular weight is 379 g/mol. The van der Waals surface area contributed by atoms with Crippen LogP contribution >= 0.6 is 0 Å². The molecule has 0 atom stereocenters. The number of amides is 1. The van der Waals surface area contributed by atoms with Crippen LogP contribution in [-0.2, 0) is 6.54 Å². The molecule has 0 aliphatic heterocycles. The van der Waals surface area contributed by atoms with E-state index in [1.165, 1.54) is 5.56 Å². The van der Waals surface area contributed by atoms with E-state index in [0.29, 0.717) is 36.5 Å². The third-order valence-corrected chi connectivity index (χ3v) is 4.66. The van der Waals surface area contributed by atoms with E-state index in [1.807, 2.05) is 32.9 Å². The van der Waals surface area contributed by atoms with Crippen LogP contribution in [0.25, 0.3) is 11.0 Å². The zero-order chi connectivity index (χ0) is 20.3. The first kappa shape index (κ1) is 19.6. The van der Waals surface area contributed by atoms with Crippen LogP contribution < -0.4 is 15.6 Å². The Morgan fingerprint density at radius 3 is 2.64 bits per heavy atom. The molecule has 3 aromatic rings. The third kappa shape index (κ3) is 4.06. The average Bonchev–Trinajstić information content (AvgIpc) is 2.67. The summed E-state index contributed by atoms with van der Waals surface area (Å²) < 4.78 is 7.41. The summed E-state index contributed by atoms with van der Waals surface area (Å²) in [6.07, 6.45) is 0. The highest BCUT2D eigenvalue weighted by Gasteiger charge is 2.11. The van der Waals surface area contributed by atoms with Crippen molar-refractivity contribution >= 4 is 16.9 Å². The van der Waals surface area contributed by atoms with Crippen molar-refractivity contribution in [2.75, 3.05) is 13.2 Å². The molecular weight excluding hydrogens is 354 g/mol. The maximum absolute atomic E-state index is 12.5. The lowest BCUT2D eigenvalue weighted by atomic mass is 10.1. The Kier molecular flexibility index (Phi) is 5.78. The Morgan fingerprint density at radius 1 is 1.14 bits per heavy atom. The summed E-state index contributed by atoms with van der Waals surface area (Å²) in [7, 11) is 0. The molecule has 1 amide bonds. The van der Waals surface area contributed by atoms with E-state index >= 15 is 0 Å². The number of carbonyl (C=O) groups is 1. The van der Waals surface area contributed by atoms with Crippen LogP contribution in [0.1, 0.15) is 34.1 Å². The van der Waals surface area contributed by atoms with E-state index in [0.717, 1.165) is 16.8 Å². The second kappa shape index (κ2) is 8.25. The molecule has 1 aromatic heterocycles. The number of nitrogens with zero attached hydrogens (tertiary/aromatic N) is 2. The normalized spacial score (nSPS) is 10.9. The minimum atomic E-state index is -0.195.